The maximum absolute atomic E-state index is 12.9. The van der Waals surface area contributed by atoms with Gasteiger partial charge in [-0.2, -0.15) is 0 Å². The van der Waals surface area contributed by atoms with Crippen molar-refractivity contribution in [2.24, 2.45) is 5.92 Å². The second kappa shape index (κ2) is 7.69. The van der Waals surface area contributed by atoms with E-state index in [1.54, 1.807) is 32.7 Å². The first-order valence-electron chi connectivity index (χ1n) is 8.27. The van der Waals surface area contributed by atoms with Crippen LogP contribution in [0.4, 0.5) is 10.5 Å². The Balaban J connectivity index is 3.00. The van der Waals surface area contributed by atoms with Gasteiger partial charge in [0, 0.05) is 12.7 Å². The van der Waals surface area contributed by atoms with Crippen LogP contribution in [0.2, 0.25) is 0 Å². The van der Waals surface area contributed by atoms with Crippen LogP contribution in [0.3, 0.4) is 0 Å². The number of nitrogens with zero attached hydrogens (tertiary/aromatic N) is 1. The first-order chi connectivity index (χ1) is 10.9. The molecule has 5 heteroatoms. The molecule has 5 nitrogen and oxygen atoms in total. The van der Waals surface area contributed by atoms with E-state index in [1.165, 1.54) is 0 Å². The highest BCUT2D eigenvalue weighted by atomic mass is 16.6. The molecule has 0 saturated heterocycles. The number of carbonyl (C=O) groups is 2. The van der Waals surface area contributed by atoms with Crippen LogP contribution in [0.15, 0.2) is 18.2 Å². The summed E-state index contributed by atoms with van der Waals surface area (Å²) in [6.45, 7) is 13.1. The van der Waals surface area contributed by atoms with Crippen molar-refractivity contribution >= 4 is 17.7 Å². The number of hydrogen-bond acceptors (Lipinski definition) is 3. The maximum Gasteiger partial charge on any atom is 0.408 e. The number of benzene rings is 1. The molecule has 1 rings (SSSR count). The quantitative estimate of drug-likeness (QED) is 0.911. The standard InChI is InChI=1S/C19H30N2O3/c1-12(2)15(20-18(23)24-19(5,6)7)17(22)21(8)16-13(3)10-9-11-14(16)4/h9-12,15H,1-8H3,(H,20,23)/t15-/m0/s1. The molecule has 24 heavy (non-hydrogen) atoms. The first kappa shape index (κ1) is 20.0. The topological polar surface area (TPSA) is 58.6 Å². The van der Waals surface area contributed by atoms with Gasteiger partial charge in [0.15, 0.2) is 0 Å². The average Bonchev–Trinajstić information content (AvgIpc) is 2.41. The lowest BCUT2D eigenvalue weighted by molar-refractivity contribution is -0.121. The Morgan fingerprint density at radius 2 is 1.62 bits per heavy atom. The third kappa shape index (κ3) is 5.25. The summed E-state index contributed by atoms with van der Waals surface area (Å²) in [6, 6.07) is 5.25. The van der Waals surface area contributed by atoms with E-state index >= 15 is 0 Å². The molecule has 0 aliphatic carbocycles. The van der Waals surface area contributed by atoms with Gasteiger partial charge in [-0.15, -0.1) is 0 Å². The number of anilines is 1. The van der Waals surface area contributed by atoms with Crippen molar-refractivity contribution in [3.63, 3.8) is 0 Å². The van der Waals surface area contributed by atoms with Crippen LogP contribution in [0.1, 0.15) is 45.7 Å². The van der Waals surface area contributed by atoms with Crippen LogP contribution in [-0.4, -0.2) is 30.7 Å². The zero-order chi connectivity index (χ0) is 18.7. The van der Waals surface area contributed by atoms with E-state index < -0.39 is 17.7 Å². The summed E-state index contributed by atoms with van der Waals surface area (Å²) in [7, 11) is 1.74. The summed E-state index contributed by atoms with van der Waals surface area (Å²) in [5, 5.41) is 2.71. The molecule has 2 amide bonds. The number of hydrogen-bond donors (Lipinski definition) is 1. The first-order valence-corrected chi connectivity index (χ1v) is 8.27. The summed E-state index contributed by atoms with van der Waals surface area (Å²) in [6.07, 6.45) is -0.579. The number of alkyl carbamates (subject to hydrolysis) is 1. The molecule has 0 unspecified atom stereocenters. The van der Waals surface area contributed by atoms with Crippen LogP contribution >= 0.6 is 0 Å². The van der Waals surface area contributed by atoms with Crippen LogP contribution in [0.5, 0.6) is 0 Å². The van der Waals surface area contributed by atoms with E-state index in [1.807, 2.05) is 45.9 Å². The number of ether oxygens (including phenoxy) is 1. The molecular weight excluding hydrogens is 304 g/mol. The summed E-state index contributed by atoms with van der Waals surface area (Å²) < 4.78 is 5.28. The molecule has 0 aliphatic rings. The van der Waals surface area contributed by atoms with Crippen molar-refractivity contribution in [3.05, 3.63) is 29.3 Å². The van der Waals surface area contributed by atoms with Crippen molar-refractivity contribution < 1.29 is 14.3 Å². The minimum absolute atomic E-state index is 0.0585. The zero-order valence-electron chi connectivity index (χ0n) is 16.1. The van der Waals surface area contributed by atoms with Crippen molar-refractivity contribution in [2.75, 3.05) is 11.9 Å². The number of likely N-dealkylation sites (N-methyl/N-ethyl adjacent to an activating group) is 1. The molecule has 0 fully saturated rings. The van der Waals surface area contributed by atoms with Crippen LogP contribution < -0.4 is 10.2 Å². The van der Waals surface area contributed by atoms with Crippen LogP contribution in [0, 0.1) is 19.8 Å². The van der Waals surface area contributed by atoms with Crippen molar-refractivity contribution in [1.29, 1.82) is 0 Å². The molecule has 0 radical (unpaired) electrons. The third-order valence-electron chi connectivity index (χ3n) is 3.71. The van der Waals surface area contributed by atoms with Crippen LogP contribution in [0.25, 0.3) is 0 Å². The van der Waals surface area contributed by atoms with E-state index in [9.17, 15) is 9.59 Å². The molecule has 0 spiro atoms. The minimum Gasteiger partial charge on any atom is -0.444 e. The molecule has 1 N–H and O–H groups in total. The number of rotatable bonds is 4. The van der Waals surface area contributed by atoms with Gasteiger partial charge in [0.05, 0.1) is 0 Å². The van der Waals surface area contributed by atoms with Gasteiger partial charge in [-0.3, -0.25) is 4.79 Å². The molecule has 0 heterocycles. The lowest BCUT2D eigenvalue weighted by Gasteiger charge is -2.30. The smallest absolute Gasteiger partial charge is 0.408 e. The van der Waals surface area contributed by atoms with Gasteiger partial charge in [-0.1, -0.05) is 32.0 Å². The molecule has 0 saturated carbocycles. The minimum atomic E-state index is -0.649. The Morgan fingerprint density at radius 3 is 2.04 bits per heavy atom. The predicted octanol–water partition coefficient (Wildman–Crippen LogP) is 3.82. The molecule has 0 aromatic heterocycles. The second-order valence-corrected chi connectivity index (χ2v) is 7.51. The maximum atomic E-state index is 12.9. The molecule has 1 atom stereocenters. The van der Waals surface area contributed by atoms with Crippen LogP contribution in [-0.2, 0) is 9.53 Å². The Morgan fingerprint density at radius 1 is 1.12 bits per heavy atom. The lowest BCUT2D eigenvalue weighted by Crippen LogP contribution is -2.51. The summed E-state index contributed by atoms with van der Waals surface area (Å²) in [5.41, 5.74) is 2.31. The number of amides is 2. The Hall–Kier alpha value is -2.04. The van der Waals surface area contributed by atoms with Gasteiger partial charge in [0.25, 0.3) is 0 Å². The summed E-state index contributed by atoms with van der Waals surface area (Å²) in [4.78, 5) is 26.6. The van der Waals surface area contributed by atoms with Gasteiger partial charge in [-0.05, 0) is 51.7 Å². The Bertz CT molecular complexity index is 583. The average molecular weight is 334 g/mol. The van der Waals surface area contributed by atoms with Crippen molar-refractivity contribution in [1.82, 2.24) is 5.32 Å². The van der Waals surface area contributed by atoms with Crippen molar-refractivity contribution in [2.45, 2.75) is 60.1 Å². The number of para-hydroxylation sites is 1. The molecule has 0 aliphatic heterocycles. The second-order valence-electron chi connectivity index (χ2n) is 7.51. The Labute approximate surface area is 145 Å². The highest BCUT2D eigenvalue weighted by Gasteiger charge is 2.30. The van der Waals surface area contributed by atoms with E-state index in [2.05, 4.69) is 5.32 Å². The number of aryl methyl sites for hydroxylation is 2. The van der Waals surface area contributed by atoms with Gasteiger partial charge >= 0.3 is 6.09 Å². The SMILES string of the molecule is Cc1cccc(C)c1N(C)C(=O)[C@@H](NC(=O)OC(C)(C)C)C(C)C. The third-order valence-corrected chi connectivity index (χ3v) is 3.71. The number of carbonyl (C=O) groups excluding carboxylic acids is 2. The largest absolute Gasteiger partial charge is 0.444 e. The van der Waals surface area contributed by atoms with Crippen molar-refractivity contribution in [3.8, 4) is 0 Å². The molecule has 1 aromatic carbocycles. The lowest BCUT2D eigenvalue weighted by atomic mass is 10.0. The monoisotopic (exact) mass is 334 g/mol. The zero-order valence-corrected chi connectivity index (χ0v) is 16.1. The van der Waals surface area contributed by atoms with E-state index in [0.717, 1.165) is 16.8 Å². The fourth-order valence-electron chi connectivity index (χ4n) is 2.60. The Kier molecular flexibility index (Phi) is 6.41. The highest BCUT2D eigenvalue weighted by molar-refractivity contribution is 5.99. The predicted molar refractivity (Wildman–Crippen MR) is 97.3 cm³/mol. The van der Waals surface area contributed by atoms with Gasteiger partial charge in [0.1, 0.15) is 11.6 Å². The number of nitrogens with one attached hydrogen (secondary N) is 1. The van der Waals surface area contributed by atoms with Gasteiger partial charge in [0.2, 0.25) is 5.91 Å². The fourth-order valence-corrected chi connectivity index (χ4v) is 2.60. The summed E-state index contributed by atoms with van der Waals surface area (Å²) >= 11 is 0. The van der Waals surface area contributed by atoms with Gasteiger partial charge < -0.3 is 15.0 Å². The normalized spacial score (nSPS) is 12.7. The summed E-state index contributed by atoms with van der Waals surface area (Å²) in [5.74, 6) is -0.218. The van der Waals surface area contributed by atoms with E-state index in [4.69, 9.17) is 4.74 Å². The molecule has 1 aromatic rings. The van der Waals surface area contributed by atoms with Gasteiger partial charge in [-0.25, -0.2) is 4.79 Å². The molecule has 134 valence electrons. The van der Waals surface area contributed by atoms with E-state index in [0.29, 0.717) is 0 Å². The highest BCUT2D eigenvalue weighted by Crippen LogP contribution is 2.24. The molecular formula is C19H30N2O3. The fraction of sp³-hybridized carbons (Fsp3) is 0.579. The molecule has 0 bridgehead atoms. The van der Waals surface area contributed by atoms with E-state index in [-0.39, 0.29) is 11.8 Å².